The number of methoxy groups -OCH3 is 1. The maximum Gasteiger partial charge on any atom is 0.328 e. The van der Waals surface area contributed by atoms with E-state index in [1.807, 2.05) is 30.3 Å². The van der Waals surface area contributed by atoms with Gasteiger partial charge in [-0.3, -0.25) is 9.59 Å². The number of ether oxygens (including phenoxy) is 1. The normalized spacial score (nSPS) is 14.5. The van der Waals surface area contributed by atoms with Gasteiger partial charge < -0.3 is 15.4 Å². The Morgan fingerprint density at radius 1 is 1.07 bits per heavy atom. The number of hydrogen-bond acceptors (Lipinski definition) is 4. The molecule has 28 heavy (non-hydrogen) atoms. The van der Waals surface area contributed by atoms with Gasteiger partial charge in [-0.25, -0.2) is 4.79 Å². The van der Waals surface area contributed by atoms with E-state index in [0.717, 1.165) is 24.8 Å². The van der Waals surface area contributed by atoms with Crippen LogP contribution in [-0.2, 0) is 25.5 Å². The fourth-order valence-corrected chi connectivity index (χ4v) is 3.26. The molecule has 0 saturated carbocycles. The molecule has 0 spiro atoms. The molecule has 1 aromatic rings. The average molecular weight is 386 g/mol. The number of rotatable bonds is 10. The van der Waals surface area contributed by atoms with Gasteiger partial charge in [0.1, 0.15) is 6.04 Å². The molecule has 0 saturated heterocycles. The van der Waals surface area contributed by atoms with Gasteiger partial charge in [0.15, 0.2) is 0 Å². The molecule has 0 radical (unpaired) electrons. The minimum atomic E-state index is -0.763. The van der Waals surface area contributed by atoms with E-state index in [0.29, 0.717) is 13.0 Å². The van der Waals surface area contributed by atoms with Gasteiger partial charge in [0.05, 0.1) is 7.11 Å². The van der Waals surface area contributed by atoms with E-state index in [2.05, 4.69) is 16.7 Å². The third kappa shape index (κ3) is 7.94. The lowest BCUT2D eigenvalue weighted by atomic mass is 9.97. The van der Waals surface area contributed by atoms with E-state index in [-0.39, 0.29) is 24.7 Å². The summed E-state index contributed by atoms with van der Waals surface area (Å²) in [5, 5.41) is 5.54. The lowest BCUT2D eigenvalue weighted by Gasteiger charge is -2.16. The molecule has 0 bridgehead atoms. The summed E-state index contributed by atoms with van der Waals surface area (Å²) in [6.45, 7) is 0.602. The van der Waals surface area contributed by atoms with Crippen LogP contribution in [0.5, 0.6) is 0 Å². The van der Waals surface area contributed by atoms with E-state index in [9.17, 15) is 14.4 Å². The highest BCUT2D eigenvalue weighted by Gasteiger charge is 2.22. The van der Waals surface area contributed by atoms with Gasteiger partial charge in [0.25, 0.3) is 0 Å². The van der Waals surface area contributed by atoms with Crippen molar-refractivity contribution >= 4 is 17.8 Å². The van der Waals surface area contributed by atoms with Crippen LogP contribution in [0.25, 0.3) is 0 Å². The van der Waals surface area contributed by atoms with E-state index in [4.69, 9.17) is 4.74 Å². The van der Waals surface area contributed by atoms with Crippen molar-refractivity contribution in [3.05, 3.63) is 47.5 Å². The maximum atomic E-state index is 12.2. The summed E-state index contributed by atoms with van der Waals surface area (Å²) in [5.41, 5.74) is 2.33. The number of allylic oxidation sites excluding steroid dienone is 1. The molecular formula is C22H30N2O4. The van der Waals surface area contributed by atoms with E-state index in [1.54, 1.807) is 0 Å². The second-order valence-corrected chi connectivity index (χ2v) is 7.04. The first-order valence-electron chi connectivity index (χ1n) is 9.94. The Bertz CT molecular complexity index is 685. The monoisotopic (exact) mass is 386 g/mol. The molecule has 2 amide bonds. The van der Waals surface area contributed by atoms with Crippen molar-refractivity contribution in [2.45, 2.75) is 57.4 Å². The summed E-state index contributed by atoms with van der Waals surface area (Å²) in [4.78, 5) is 36.1. The molecule has 1 aliphatic carbocycles. The third-order valence-electron chi connectivity index (χ3n) is 4.84. The fraction of sp³-hybridized carbons (Fsp3) is 0.500. The molecule has 0 aromatic heterocycles. The summed E-state index contributed by atoms with van der Waals surface area (Å²) in [5.74, 6) is -0.983. The van der Waals surface area contributed by atoms with E-state index in [1.165, 1.54) is 25.5 Å². The average Bonchev–Trinajstić information content (AvgIpc) is 2.72. The van der Waals surface area contributed by atoms with Crippen LogP contribution in [0.3, 0.4) is 0 Å². The molecule has 0 fully saturated rings. The second kappa shape index (κ2) is 12.0. The van der Waals surface area contributed by atoms with Gasteiger partial charge in [0, 0.05) is 25.8 Å². The van der Waals surface area contributed by atoms with Gasteiger partial charge in [-0.2, -0.15) is 0 Å². The Balaban J connectivity index is 1.71. The molecule has 2 rings (SSSR count). The summed E-state index contributed by atoms with van der Waals surface area (Å²) in [6, 6.07) is 8.65. The first-order valence-corrected chi connectivity index (χ1v) is 9.94. The molecule has 0 heterocycles. The highest BCUT2D eigenvalue weighted by molar-refractivity contribution is 5.87. The van der Waals surface area contributed by atoms with Gasteiger partial charge in [0.2, 0.25) is 11.8 Å². The van der Waals surface area contributed by atoms with Crippen LogP contribution in [0.15, 0.2) is 42.0 Å². The predicted molar refractivity (Wildman–Crippen MR) is 108 cm³/mol. The number of carbonyl (C=O) groups excluding carboxylic acids is 3. The summed E-state index contributed by atoms with van der Waals surface area (Å²) in [7, 11) is 1.29. The molecule has 0 aliphatic heterocycles. The smallest absolute Gasteiger partial charge is 0.328 e. The van der Waals surface area contributed by atoms with Crippen LogP contribution in [0, 0.1) is 0 Å². The number of carbonyl (C=O) groups is 3. The summed E-state index contributed by atoms with van der Waals surface area (Å²) < 4.78 is 4.78. The minimum Gasteiger partial charge on any atom is -0.467 e. The Morgan fingerprint density at radius 2 is 1.82 bits per heavy atom. The second-order valence-electron chi connectivity index (χ2n) is 7.04. The molecular weight excluding hydrogens is 356 g/mol. The van der Waals surface area contributed by atoms with Crippen LogP contribution in [-0.4, -0.2) is 37.5 Å². The zero-order valence-corrected chi connectivity index (χ0v) is 16.5. The molecule has 6 heteroatoms. The standard InChI is InChI=1S/C22H30N2O4/c1-28-22(27)19(16-18-10-6-3-7-11-18)24-21(26)13-12-20(25)23-15-14-17-8-4-2-5-9-17/h3,6-8,10-11,19H,2,4-5,9,12-16H2,1H3,(H,23,25)(H,24,26)/t19-/m0/s1. The van der Waals surface area contributed by atoms with Crippen LogP contribution in [0.4, 0.5) is 0 Å². The number of nitrogens with one attached hydrogen (secondary N) is 2. The molecule has 1 aromatic carbocycles. The largest absolute Gasteiger partial charge is 0.467 e. The van der Waals surface area contributed by atoms with Crippen LogP contribution in [0.2, 0.25) is 0 Å². The van der Waals surface area contributed by atoms with Gasteiger partial charge in [-0.05, 0) is 37.7 Å². The highest BCUT2D eigenvalue weighted by atomic mass is 16.5. The lowest BCUT2D eigenvalue weighted by molar-refractivity contribution is -0.145. The SMILES string of the molecule is COC(=O)[C@H](Cc1ccccc1)NC(=O)CCC(=O)NCCC1=CCCCC1. The fourth-order valence-electron chi connectivity index (χ4n) is 3.26. The predicted octanol–water partition coefficient (Wildman–Crippen LogP) is 2.67. The Kier molecular flexibility index (Phi) is 9.25. The van der Waals surface area contributed by atoms with Crippen molar-refractivity contribution in [3.8, 4) is 0 Å². The number of benzene rings is 1. The maximum absolute atomic E-state index is 12.2. The van der Waals surface area contributed by atoms with Crippen molar-refractivity contribution in [1.29, 1.82) is 0 Å². The van der Waals surface area contributed by atoms with Crippen LogP contribution < -0.4 is 10.6 Å². The van der Waals surface area contributed by atoms with Crippen LogP contribution >= 0.6 is 0 Å². The van der Waals surface area contributed by atoms with Gasteiger partial charge in [-0.1, -0.05) is 42.0 Å². The number of amides is 2. The van der Waals surface area contributed by atoms with Gasteiger partial charge >= 0.3 is 5.97 Å². The zero-order valence-electron chi connectivity index (χ0n) is 16.5. The molecule has 0 unspecified atom stereocenters. The van der Waals surface area contributed by atoms with Crippen molar-refractivity contribution in [2.24, 2.45) is 0 Å². The first kappa shape index (κ1) is 21.7. The van der Waals surface area contributed by atoms with E-state index < -0.39 is 12.0 Å². The Morgan fingerprint density at radius 3 is 2.50 bits per heavy atom. The molecule has 1 atom stereocenters. The van der Waals surface area contributed by atoms with Crippen LogP contribution in [0.1, 0.15) is 50.5 Å². The Hall–Kier alpha value is -2.63. The van der Waals surface area contributed by atoms with E-state index >= 15 is 0 Å². The topological polar surface area (TPSA) is 84.5 Å². The van der Waals surface area contributed by atoms with Crippen molar-refractivity contribution < 1.29 is 19.1 Å². The third-order valence-corrected chi connectivity index (χ3v) is 4.84. The number of hydrogen-bond donors (Lipinski definition) is 2. The first-order chi connectivity index (χ1) is 13.6. The highest BCUT2D eigenvalue weighted by Crippen LogP contribution is 2.19. The quantitative estimate of drug-likeness (QED) is 0.478. The molecule has 2 N–H and O–H groups in total. The van der Waals surface area contributed by atoms with Crippen molar-refractivity contribution in [3.63, 3.8) is 0 Å². The summed E-state index contributed by atoms with van der Waals surface area (Å²) >= 11 is 0. The Labute approximate surface area is 166 Å². The molecule has 1 aliphatic rings. The zero-order chi connectivity index (χ0) is 20.2. The lowest BCUT2D eigenvalue weighted by Crippen LogP contribution is -2.43. The van der Waals surface area contributed by atoms with Crippen molar-refractivity contribution in [1.82, 2.24) is 10.6 Å². The molecule has 6 nitrogen and oxygen atoms in total. The minimum absolute atomic E-state index is 0.0385. The summed E-state index contributed by atoms with van der Waals surface area (Å²) in [6.07, 6.45) is 8.36. The number of esters is 1. The van der Waals surface area contributed by atoms with Gasteiger partial charge in [-0.15, -0.1) is 0 Å². The van der Waals surface area contributed by atoms with Crippen molar-refractivity contribution in [2.75, 3.05) is 13.7 Å². The molecule has 152 valence electrons.